The van der Waals surface area contributed by atoms with Crippen molar-refractivity contribution in [3.63, 3.8) is 0 Å². The summed E-state index contributed by atoms with van der Waals surface area (Å²) in [5.41, 5.74) is 2.23. The summed E-state index contributed by atoms with van der Waals surface area (Å²) in [5, 5.41) is 9.76. The maximum Gasteiger partial charge on any atom is 0.0671 e. The van der Waals surface area contributed by atoms with Gasteiger partial charge in [0.15, 0.2) is 0 Å². The minimum atomic E-state index is -0.583. The molecule has 0 aromatic heterocycles. The maximum absolute atomic E-state index is 9.76. The van der Waals surface area contributed by atoms with E-state index in [9.17, 15) is 5.11 Å². The highest BCUT2D eigenvalue weighted by Crippen LogP contribution is 2.20. The Bertz CT molecular complexity index is 296. The van der Waals surface area contributed by atoms with Crippen LogP contribution in [0.15, 0.2) is 36.5 Å². The van der Waals surface area contributed by atoms with Crippen LogP contribution in [0, 0.1) is 5.41 Å². The quantitative estimate of drug-likeness (QED) is 0.531. The van der Waals surface area contributed by atoms with Crippen LogP contribution in [-0.4, -0.2) is 51.4 Å². The second-order valence-electron chi connectivity index (χ2n) is 6.01. The lowest BCUT2D eigenvalue weighted by Gasteiger charge is -2.31. The smallest absolute Gasteiger partial charge is 0.0671 e. The van der Waals surface area contributed by atoms with Gasteiger partial charge in [-0.05, 0) is 20.8 Å². The number of aliphatic hydroxyl groups is 1. The van der Waals surface area contributed by atoms with Crippen molar-refractivity contribution in [1.82, 2.24) is 0 Å². The van der Waals surface area contributed by atoms with Gasteiger partial charge in [-0.15, -0.1) is 0 Å². The van der Waals surface area contributed by atoms with E-state index in [1.54, 1.807) is 0 Å². The van der Waals surface area contributed by atoms with Crippen LogP contribution in [0.5, 0.6) is 0 Å². The molecule has 0 rings (SSSR count). The number of rotatable bonds is 13. The minimum absolute atomic E-state index is 0.0738. The highest BCUT2D eigenvalue weighted by molar-refractivity contribution is 4.91. The van der Waals surface area contributed by atoms with E-state index in [-0.39, 0.29) is 6.61 Å². The van der Waals surface area contributed by atoms with Crippen molar-refractivity contribution >= 4 is 0 Å². The van der Waals surface area contributed by atoms with Crippen LogP contribution in [0.3, 0.4) is 0 Å². The second-order valence-corrected chi connectivity index (χ2v) is 6.01. The molecule has 0 bridgehead atoms. The monoisotopic (exact) mass is 298 g/mol. The first-order chi connectivity index (χ1) is 9.81. The predicted molar refractivity (Wildman–Crippen MR) is 86.4 cm³/mol. The minimum Gasteiger partial charge on any atom is -0.396 e. The van der Waals surface area contributed by atoms with Gasteiger partial charge in [-0.25, -0.2) is 0 Å². The molecule has 4 heteroatoms. The molecular weight excluding hydrogens is 268 g/mol. The molecule has 0 aliphatic heterocycles. The zero-order valence-electron chi connectivity index (χ0n) is 13.7. The molecule has 0 amide bonds. The van der Waals surface area contributed by atoms with Crippen LogP contribution >= 0.6 is 0 Å². The molecule has 122 valence electrons. The van der Waals surface area contributed by atoms with Crippen molar-refractivity contribution in [3.05, 3.63) is 36.5 Å². The molecule has 0 saturated heterocycles. The Labute approximate surface area is 129 Å². The first-order valence-corrected chi connectivity index (χ1v) is 7.08. The Morgan fingerprint density at radius 2 is 1.05 bits per heavy atom. The van der Waals surface area contributed by atoms with Gasteiger partial charge in [0.05, 0.1) is 51.7 Å². The summed E-state index contributed by atoms with van der Waals surface area (Å²) in [7, 11) is 0. The van der Waals surface area contributed by atoms with E-state index < -0.39 is 5.41 Å². The third-order valence-corrected chi connectivity index (χ3v) is 2.61. The fraction of sp³-hybridized carbons (Fsp3) is 0.647. The third kappa shape index (κ3) is 10.4. The summed E-state index contributed by atoms with van der Waals surface area (Å²) >= 11 is 0. The molecule has 0 aromatic rings. The van der Waals surface area contributed by atoms with E-state index in [4.69, 9.17) is 14.2 Å². The number of hydrogen-bond donors (Lipinski definition) is 1. The fourth-order valence-electron chi connectivity index (χ4n) is 1.59. The van der Waals surface area contributed by atoms with E-state index in [2.05, 4.69) is 19.7 Å². The lowest BCUT2D eigenvalue weighted by molar-refractivity contribution is -0.0843. The van der Waals surface area contributed by atoms with Gasteiger partial charge in [0.2, 0.25) is 0 Å². The highest BCUT2D eigenvalue weighted by Gasteiger charge is 2.31. The SMILES string of the molecule is C=C(C)COCC(CO)(COCC(=C)C)COCC(=C)C. The molecule has 0 spiro atoms. The number of aliphatic hydroxyl groups excluding tert-OH is 1. The van der Waals surface area contributed by atoms with Crippen LogP contribution < -0.4 is 0 Å². The zero-order chi connectivity index (χ0) is 16.3. The van der Waals surface area contributed by atoms with E-state index in [1.165, 1.54) is 0 Å². The second kappa shape index (κ2) is 10.7. The summed E-state index contributed by atoms with van der Waals surface area (Å²) < 4.78 is 16.8. The third-order valence-electron chi connectivity index (χ3n) is 2.61. The molecule has 1 N–H and O–H groups in total. The fourth-order valence-corrected chi connectivity index (χ4v) is 1.59. The van der Waals surface area contributed by atoms with Crippen molar-refractivity contribution in [3.8, 4) is 0 Å². The van der Waals surface area contributed by atoms with Crippen molar-refractivity contribution in [2.24, 2.45) is 5.41 Å². The van der Waals surface area contributed by atoms with Gasteiger partial charge in [-0.1, -0.05) is 36.5 Å². The molecule has 0 fully saturated rings. The Kier molecular flexibility index (Phi) is 10.3. The molecule has 21 heavy (non-hydrogen) atoms. The van der Waals surface area contributed by atoms with Gasteiger partial charge in [-0.2, -0.15) is 0 Å². The van der Waals surface area contributed by atoms with Crippen molar-refractivity contribution in [2.75, 3.05) is 46.2 Å². The molecule has 0 saturated carbocycles. The van der Waals surface area contributed by atoms with Gasteiger partial charge in [0.1, 0.15) is 0 Å². The van der Waals surface area contributed by atoms with E-state index >= 15 is 0 Å². The number of ether oxygens (including phenoxy) is 3. The predicted octanol–water partition coefficient (Wildman–Crippen LogP) is 2.74. The Hall–Kier alpha value is -0.940. The lowest BCUT2D eigenvalue weighted by atomic mass is 9.92. The normalized spacial score (nSPS) is 11.4. The first kappa shape index (κ1) is 20.1. The first-order valence-electron chi connectivity index (χ1n) is 7.08. The molecule has 0 atom stereocenters. The van der Waals surface area contributed by atoms with Gasteiger partial charge >= 0.3 is 0 Å². The summed E-state index contributed by atoms with van der Waals surface area (Å²) in [5.74, 6) is 0. The molecule has 0 aliphatic carbocycles. The maximum atomic E-state index is 9.76. The van der Waals surface area contributed by atoms with Gasteiger partial charge < -0.3 is 19.3 Å². The molecule has 0 aliphatic rings. The largest absolute Gasteiger partial charge is 0.396 e. The van der Waals surface area contributed by atoms with Crippen LogP contribution in [0.25, 0.3) is 0 Å². The molecule has 0 radical (unpaired) electrons. The average molecular weight is 298 g/mol. The lowest BCUT2D eigenvalue weighted by Crippen LogP contribution is -2.41. The van der Waals surface area contributed by atoms with Crippen molar-refractivity contribution in [2.45, 2.75) is 20.8 Å². The molecular formula is C17H30O4. The van der Waals surface area contributed by atoms with Crippen molar-refractivity contribution < 1.29 is 19.3 Å². The van der Waals surface area contributed by atoms with Gasteiger partial charge in [0.25, 0.3) is 0 Å². The summed E-state index contributed by atoms with van der Waals surface area (Å²) in [6.45, 7) is 19.4. The van der Waals surface area contributed by atoms with Crippen LogP contribution in [0.4, 0.5) is 0 Å². The molecule has 0 aromatic carbocycles. The molecule has 4 nitrogen and oxygen atoms in total. The Morgan fingerprint density at radius 3 is 1.24 bits per heavy atom. The molecule has 0 unspecified atom stereocenters. The number of hydrogen-bond acceptors (Lipinski definition) is 4. The average Bonchev–Trinajstić information content (AvgIpc) is 2.36. The van der Waals surface area contributed by atoms with Crippen molar-refractivity contribution in [1.29, 1.82) is 0 Å². The van der Waals surface area contributed by atoms with E-state index in [1.807, 2.05) is 20.8 Å². The zero-order valence-corrected chi connectivity index (χ0v) is 13.7. The Balaban J connectivity index is 4.52. The Morgan fingerprint density at radius 1 is 0.762 bits per heavy atom. The summed E-state index contributed by atoms with van der Waals surface area (Å²) in [6, 6.07) is 0. The van der Waals surface area contributed by atoms with E-state index in [0.717, 1.165) is 16.7 Å². The summed E-state index contributed by atoms with van der Waals surface area (Å²) in [4.78, 5) is 0. The topological polar surface area (TPSA) is 47.9 Å². The van der Waals surface area contributed by atoms with Crippen LogP contribution in [0.2, 0.25) is 0 Å². The van der Waals surface area contributed by atoms with Crippen LogP contribution in [0.1, 0.15) is 20.8 Å². The standard InChI is InChI=1S/C17H30O4/c1-14(2)7-19-11-17(10-18,12-20-8-15(3)4)13-21-9-16(5)6/h18H,1,3,5,7-13H2,2,4,6H3. The molecule has 0 heterocycles. The van der Waals surface area contributed by atoms with Crippen LogP contribution in [-0.2, 0) is 14.2 Å². The van der Waals surface area contributed by atoms with Gasteiger partial charge in [-0.3, -0.25) is 0 Å². The highest BCUT2D eigenvalue weighted by atomic mass is 16.5. The van der Waals surface area contributed by atoms with E-state index in [0.29, 0.717) is 39.6 Å². The summed E-state index contributed by atoms with van der Waals surface area (Å²) in [6.07, 6.45) is 0. The van der Waals surface area contributed by atoms with Gasteiger partial charge in [0, 0.05) is 0 Å².